The van der Waals surface area contributed by atoms with E-state index in [1.54, 1.807) is 72.8 Å². The molecule has 3 aromatic rings. The van der Waals surface area contributed by atoms with E-state index < -0.39 is 58.8 Å². The molecule has 2 bridgehead atoms. The van der Waals surface area contributed by atoms with Crippen LogP contribution in [-0.4, -0.2) is 61.1 Å². The molecule has 2 saturated heterocycles. The zero-order valence-corrected chi connectivity index (χ0v) is 24.6. The molecule has 1 spiro atoms. The highest BCUT2D eigenvalue weighted by Gasteiger charge is 2.86. The van der Waals surface area contributed by atoms with Crippen LogP contribution in [-0.2, 0) is 23.7 Å². The first-order valence-electron chi connectivity index (χ1n) is 15.0. The summed E-state index contributed by atoms with van der Waals surface area (Å²) in [5.74, 6) is -1.55. The Balaban J connectivity index is 1.31. The van der Waals surface area contributed by atoms with E-state index in [0.717, 1.165) is 12.0 Å². The highest BCUT2D eigenvalue weighted by molar-refractivity contribution is 5.91. The summed E-state index contributed by atoms with van der Waals surface area (Å²) in [4.78, 5) is 40.5. The summed E-state index contributed by atoms with van der Waals surface area (Å²) in [5, 5.41) is 0. The lowest BCUT2D eigenvalue weighted by molar-refractivity contribution is -0.226. The van der Waals surface area contributed by atoms with E-state index in [1.807, 2.05) is 32.0 Å². The summed E-state index contributed by atoms with van der Waals surface area (Å²) < 4.78 is 31.8. The molecular weight excluding hydrogens is 560 g/mol. The van der Waals surface area contributed by atoms with Gasteiger partial charge in [0.15, 0.2) is 12.2 Å². The second-order valence-corrected chi connectivity index (χ2v) is 12.4. The fraction of sp³-hybridized carbons (Fsp3) is 0.361. The van der Waals surface area contributed by atoms with E-state index >= 15 is 0 Å². The van der Waals surface area contributed by atoms with Gasteiger partial charge in [-0.15, -0.1) is 0 Å². The van der Waals surface area contributed by atoms with Crippen molar-refractivity contribution in [2.45, 2.75) is 56.7 Å². The molecule has 7 atom stereocenters. The molecule has 3 aromatic carbocycles. The molecule has 2 aliphatic carbocycles. The number of carbonyl (C=O) groups is 3. The summed E-state index contributed by atoms with van der Waals surface area (Å²) >= 11 is 0. The quantitative estimate of drug-likeness (QED) is 0.151. The largest absolute Gasteiger partial charge is 0.461 e. The molecule has 0 aromatic heterocycles. The Morgan fingerprint density at radius 2 is 1.32 bits per heavy atom. The Bertz CT molecular complexity index is 1600. The van der Waals surface area contributed by atoms with E-state index in [2.05, 4.69) is 6.08 Å². The third-order valence-corrected chi connectivity index (χ3v) is 10.2. The lowest BCUT2D eigenvalue weighted by atomic mass is 9.51. The van der Waals surface area contributed by atoms with Crippen molar-refractivity contribution in [3.63, 3.8) is 0 Å². The van der Waals surface area contributed by atoms with Gasteiger partial charge in [-0.2, -0.15) is 0 Å². The molecule has 0 amide bonds. The second-order valence-electron chi connectivity index (χ2n) is 12.4. The summed E-state index contributed by atoms with van der Waals surface area (Å²) in [5.41, 5.74) is -0.381. The van der Waals surface area contributed by atoms with Gasteiger partial charge in [-0.25, -0.2) is 14.4 Å². The molecule has 2 aliphatic heterocycles. The van der Waals surface area contributed by atoms with E-state index in [0.29, 0.717) is 29.7 Å². The lowest BCUT2D eigenvalue weighted by Crippen LogP contribution is -2.66. The number of hydrogen-bond donors (Lipinski definition) is 0. The van der Waals surface area contributed by atoms with E-state index in [9.17, 15) is 14.4 Å². The van der Waals surface area contributed by atoms with E-state index in [-0.39, 0.29) is 6.61 Å². The molecule has 0 unspecified atom stereocenters. The van der Waals surface area contributed by atoms with Crippen LogP contribution >= 0.6 is 0 Å². The van der Waals surface area contributed by atoms with Gasteiger partial charge >= 0.3 is 17.9 Å². The summed E-state index contributed by atoms with van der Waals surface area (Å²) in [6.45, 7) is 4.40. The van der Waals surface area contributed by atoms with Crippen molar-refractivity contribution < 1.29 is 38.1 Å². The number of allylic oxidation sites excluding steroid dienone is 1. The average molecular weight is 595 g/mol. The van der Waals surface area contributed by atoms with Crippen molar-refractivity contribution in [3.05, 3.63) is 119 Å². The van der Waals surface area contributed by atoms with Gasteiger partial charge in [0, 0.05) is 5.41 Å². The average Bonchev–Trinajstić information content (AvgIpc) is 3.85. The Kier molecular flexibility index (Phi) is 6.94. The monoisotopic (exact) mass is 594 g/mol. The smallest absolute Gasteiger partial charge is 0.338 e. The van der Waals surface area contributed by atoms with Crippen molar-refractivity contribution in [3.8, 4) is 0 Å². The summed E-state index contributed by atoms with van der Waals surface area (Å²) in [6, 6.07) is 26.3. The molecule has 7 rings (SSSR count). The van der Waals surface area contributed by atoms with E-state index in [4.69, 9.17) is 23.7 Å². The summed E-state index contributed by atoms with van der Waals surface area (Å²) in [6.07, 6.45) is 0.258. The topological polar surface area (TPSA) is 101 Å². The van der Waals surface area contributed by atoms with Gasteiger partial charge in [0.1, 0.15) is 18.3 Å². The van der Waals surface area contributed by atoms with Crippen LogP contribution in [0.3, 0.4) is 0 Å². The summed E-state index contributed by atoms with van der Waals surface area (Å²) in [7, 11) is 0. The number of ether oxygens (including phenoxy) is 5. The number of esters is 3. The van der Waals surface area contributed by atoms with Crippen LogP contribution in [0.15, 0.2) is 103 Å². The molecule has 8 heteroatoms. The van der Waals surface area contributed by atoms with Gasteiger partial charge in [0.05, 0.1) is 34.8 Å². The van der Waals surface area contributed by atoms with Crippen LogP contribution in [0.4, 0.5) is 0 Å². The number of rotatable bonds is 7. The lowest BCUT2D eigenvalue weighted by Gasteiger charge is -2.57. The Morgan fingerprint density at radius 1 is 0.795 bits per heavy atom. The van der Waals surface area contributed by atoms with Gasteiger partial charge in [-0.1, -0.05) is 73.2 Å². The Labute approximate surface area is 255 Å². The van der Waals surface area contributed by atoms with Crippen LogP contribution in [0.1, 0.15) is 57.8 Å². The standard InChI is InChI=1S/C36H34O8/c1-23-18-19-35(21-40-31(37)24-12-6-3-7-13-24)27(20-23)42-30-28(43-32(38)25-14-8-4-9-15-25)29(34(35,2)36(30)22-41-36)44-33(39)26-16-10-5-11-17-26/h3-17,20,27-30H,18-19,21-22H2,1-2H3/t27-,28-,29-,30-,34-,35-,36+/m1/s1. The maximum Gasteiger partial charge on any atom is 0.338 e. The Morgan fingerprint density at radius 3 is 1.86 bits per heavy atom. The number of fused-ring (bicyclic) bond motifs is 2. The van der Waals surface area contributed by atoms with E-state index in [1.165, 1.54) is 0 Å². The van der Waals surface area contributed by atoms with Crippen LogP contribution in [0.25, 0.3) is 0 Å². The maximum absolute atomic E-state index is 13.7. The van der Waals surface area contributed by atoms with Crippen molar-refractivity contribution in [2.75, 3.05) is 13.2 Å². The van der Waals surface area contributed by atoms with Gasteiger partial charge in [-0.05, 0) is 56.2 Å². The molecule has 3 fully saturated rings. The first kappa shape index (κ1) is 28.5. The van der Waals surface area contributed by atoms with Crippen molar-refractivity contribution in [1.82, 2.24) is 0 Å². The second kappa shape index (κ2) is 10.7. The van der Waals surface area contributed by atoms with Gasteiger partial charge in [0.2, 0.25) is 0 Å². The van der Waals surface area contributed by atoms with Gasteiger partial charge in [-0.3, -0.25) is 0 Å². The molecule has 0 N–H and O–H groups in total. The van der Waals surface area contributed by atoms with Gasteiger partial charge in [0.25, 0.3) is 0 Å². The molecule has 226 valence electrons. The minimum absolute atomic E-state index is 0.00223. The van der Waals surface area contributed by atoms with Gasteiger partial charge < -0.3 is 23.7 Å². The molecule has 1 saturated carbocycles. The molecule has 0 radical (unpaired) electrons. The van der Waals surface area contributed by atoms with Crippen molar-refractivity contribution in [2.24, 2.45) is 10.8 Å². The third-order valence-electron chi connectivity index (χ3n) is 10.2. The number of epoxide rings is 1. The normalized spacial score (nSPS) is 33.1. The first-order chi connectivity index (χ1) is 21.3. The number of hydrogen-bond acceptors (Lipinski definition) is 8. The fourth-order valence-corrected chi connectivity index (χ4v) is 7.66. The number of carbonyl (C=O) groups excluding carboxylic acids is 3. The van der Waals surface area contributed by atoms with Crippen LogP contribution in [0, 0.1) is 10.8 Å². The maximum atomic E-state index is 13.7. The number of benzene rings is 3. The highest BCUT2D eigenvalue weighted by Crippen LogP contribution is 2.72. The fourth-order valence-electron chi connectivity index (χ4n) is 7.66. The molecule has 8 nitrogen and oxygen atoms in total. The molecule has 2 heterocycles. The molecular formula is C36H34O8. The highest BCUT2D eigenvalue weighted by atomic mass is 16.7. The van der Waals surface area contributed by atoms with Crippen LogP contribution < -0.4 is 0 Å². The van der Waals surface area contributed by atoms with Crippen LogP contribution in [0.5, 0.6) is 0 Å². The van der Waals surface area contributed by atoms with Crippen molar-refractivity contribution >= 4 is 17.9 Å². The molecule has 44 heavy (non-hydrogen) atoms. The van der Waals surface area contributed by atoms with Crippen molar-refractivity contribution in [1.29, 1.82) is 0 Å². The minimum atomic E-state index is -0.969. The SMILES string of the molecule is CC1=C[C@H]2O[C@@H]3[C@H](OC(=O)c4ccccc4)[C@@H](OC(=O)c4ccccc4)[C@](C)([C@@]2(COC(=O)c2ccccc2)CC1)[C@]31CO1. The predicted molar refractivity (Wildman–Crippen MR) is 159 cm³/mol. The van der Waals surface area contributed by atoms with Crippen LogP contribution in [0.2, 0.25) is 0 Å². The predicted octanol–water partition coefficient (Wildman–Crippen LogP) is 5.58. The molecule has 4 aliphatic rings. The third kappa shape index (κ3) is 4.31. The zero-order valence-electron chi connectivity index (χ0n) is 24.6. The first-order valence-corrected chi connectivity index (χ1v) is 15.0. The zero-order chi connectivity index (χ0) is 30.5. The Hall–Kier alpha value is -4.27. The minimum Gasteiger partial charge on any atom is -0.461 e.